The number of rotatable bonds is 8. The minimum absolute atomic E-state index is 0.0308. The normalized spacial score (nSPS) is 20.2. The number of hydrogen-bond donors (Lipinski definition) is 1. The fourth-order valence-electron chi connectivity index (χ4n) is 5.93. The van der Waals surface area contributed by atoms with Crippen LogP contribution < -0.4 is 5.14 Å². The molecule has 11 heteroatoms. The van der Waals surface area contributed by atoms with Crippen LogP contribution >= 0.6 is 0 Å². The Morgan fingerprint density at radius 2 is 1.75 bits per heavy atom. The number of carbonyl (C=O) groups excluding carboxylic acids is 1. The number of alkyl halides is 2. The standard InChI is InChI=1S/C29H35F2N5O3S/c1-2-14-36-27(23-12-15-34(16-13-23)18-21-8-10-24(11-9-21)40(32,38)39)25(17-33-36)28(37)35-19-26(29(30,31)20-35)22-6-4-3-5-7-22/h3-11,17,23,26H,2,12-16,18-20H2,1H3,(H2,32,38,39)/t26-/m1/s1. The van der Waals surface area contributed by atoms with Crippen molar-refractivity contribution in [1.29, 1.82) is 0 Å². The van der Waals surface area contributed by atoms with Crippen LogP contribution in [0.15, 0.2) is 65.7 Å². The van der Waals surface area contributed by atoms with Crippen LogP contribution in [-0.2, 0) is 23.1 Å². The molecule has 3 heterocycles. The lowest BCUT2D eigenvalue weighted by Gasteiger charge is -2.33. The van der Waals surface area contributed by atoms with E-state index in [1.54, 1.807) is 48.7 Å². The molecule has 2 aliphatic heterocycles. The lowest BCUT2D eigenvalue weighted by molar-refractivity contribution is -0.00244. The van der Waals surface area contributed by atoms with Crippen LogP contribution in [0.2, 0.25) is 0 Å². The van der Waals surface area contributed by atoms with Gasteiger partial charge in [0.2, 0.25) is 10.0 Å². The number of likely N-dealkylation sites (tertiary alicyclic amines) is 2. The van der Waals surface area contributed by atoms with Crippen molar-refractivity contribution in [2.45, 2.75) is 61.9 Å². The van der Waals surface area contributed by atoms with E-state index in [1.807, 2.05) is 11.6 Å². The molecule has 0 radical (unpaired) electrons. The zero-order chi connectivity index (χ0) is 28.5. The first-order valence-electron chi connectivity index (χ1n) is 13.7. The van der Waals surface area contributed by atoms with Crippen LogP contribution in [0, 0.1) is 0 Å². The SMILES string of the molecule is CCCn1ncc(C(=O)N2C[C@H](c3ccccc3)C(F)(F)C2)c1C1CCN(Cc2ccc(S(N)(=O)=O)cc2)CC1. The van der Waals surface area contributed by atoms with Crippen LogP contribution in [0.4, 0.5) is 8.78 Å². The molecule has 0 unspecified atom stereocenters. The smallest absolute Gasteiger partial charge is 0.273 e. The summed E-state index contributed by atoms with van der Waals surface area (Å²) in [6, 6.07) is 15.2. The average molecular weight is 572 g/mol. The third-order valence-electron chi connectivity index (χ3n) is 7.98. The monoisotopic (exact) mass is 571 g/mol. The molecule has 1 aromatic heterocycles. The Balaban J connectivity index is 1.29. The van der Waals surface area contributed by atoms with Crippen LogP contribution in [0.1, 0.15) is 65.2 Å². The Morgan fingerprint density at radius 1 is 1.07 bits per heavy atom. The Kier molecular flexibility index (Phi) is 8.08. The molecule has 0 aliphatic carbocycles. The zero-order valence-corrected chi connectivity index (χ0v) is 23.4. The number of nitrogens with two attached hydrogens (primary N) is 1. The van der Waals surface area contributed by atoms with E-state index in [-0.39, 0.29) is 23.3 Å². The van der Waals surface area contributed by atoms with Crippen molar-refractivity contribution < 1.29 is 22.0 Å². The molecule has 0 spiro atoms. The van der Waals surface area contributed by atoms with Gasteiger partial charge in [0.05, 0.1) is 34.8 Å². The number of benzene rings is 2. The van der Waals surface area contributed by atoms with Crippen molar-refractivity contribution in [1.82, 2.24) is 19.6 Å². The summed E-state index contributed by atoms with van der Waals surface area (Å²) in [6.07, 6.45) is 4.00. The van der Waals surface area contributed by atoms with E-state index < -0.39 is 28.4 Å². The molecule has 2 saturated heterocycles. The molecule has 1 amide bonds. The summed E-state index contributed by atoms with van der Waals surface area (Å²) in [6.45, 7) is 4.30. The van der Waals surface area contributed by atoms with Gasteiger partial charge in [-0.25, -0.2) is 22.3 Å². The number of halogens is 2. The molecule has 0 saturated carbocycles. The highest BCUT2D eigenvalue weighted by Crippen LogP contribution is 2.41. The maximum absolute atomic E-state index is 15.0. The van der Waals surface area contributed by atoms with Gasteiger partial charge in [0.25, 0.3) is 11.8 Å². The molecule has 8 nitrogen and oxygen atoms in total. The number of hydrogen-bond acceptors (Lipinski definition) is 5. The van der Waals surface area contributed by atoms with Crippen LogP contribution in [0.25, 0.3) is 0 Å². The second kappa shape index (κ2) is 11.4. The van der Waals surface area contributed by atoms with Crippen molar-refractivity contribution in [3.05, 3.63) is 83.2 Å². The maximum atomic E-state index is 15.0. The predicted octanol–water partition coefficient (Wildman–Crippen LogP) is 4.20. The van der Waals surface area contributed by atoms with E-state index in [0.717, 1.165) is 43.6 Å². The van der Waals surface area contributed by atoms with E-state index in [9.17, 15) is 13.2 Å². The number of aryl methyl sites for hydroxylation is 1. The second-order valence-corrected chi connectivity index (χ2v) is 12.4. The first-order valence-corrected chi connectivity index (χ1v) is 15.2. The van der Waals surface area contributed by atoms with Crippen molar-refractivity contribution in [3.63, 3.8) is 0 Å². The fourth-order valence-corrected chi connectivity index (χ4v) is 6.45. The Morgan fingerprint density at radius 3 is 2.38 bits per heavy atom. The molecule has 214 valence electrons. The van der Waals surface area contributed by atoms with Gasteiger partial charge in [-0.15, -0.1) is 0 Å². The van der Waals surface area contributed by atoms with Gasteiger partial charge in [0.15, 0.2) is 0 Å². The summed E-state index contributed by atoms with van der Waals surface area (Å²) in [5, 5.41) is 9.71. The lowest BCUT2D eigenvalue weighted by Crippen LogP contribution is -2.35. The van der Waals surface area contributed by atoms with Gasteiger partial charge in [-0.2, -0.15) is 5.10 Å². The Bertz CT molecular complexity index is 1440. The Hall–Kier alpha value is -3.15. The molecular formula is C29H35F2N5O3S. The summed E-state index contributed by atoms with van der Waals surface area (Å²) < 4.78 is 55.0. The van der Waals surface area contributed by atoms with Crippen LogP contribution in [0.3, 0.4) is 0 Å². The first kappa shape index (κ1) is 28.4. The third-order valence-corrected chi connectivity index (χ3v) is 8.91. The van der Waals surface area contributed by atoms with Gasteiger partial charge in [-0.3, -0.25) is 14.4 Å². The molecule has 3 aromatic rings. The summed E-state index contributed by atoms with van der Waals surface area (Å²) in [4.78, 5) is 17.3. The van der Waals surface area contributed by atoms with Gasteiger partial charge >= 0.3 is 0 Å². The molecule has 2 aromatic carbocycles. The number of nitrogens with zero attached hydrogens (tertiary/aromatic N) is 4. The molecule has 2 aliphatic rings. The van der Waals surface area contributed by atoms with Gasteiger partial charge < -0.3 is 4.90 Å². The van der Waals surface area contributed by atoms with Crippen LogP contribution in [0.5, 0.6) is 0 Å². The van der Waals surface area contributed by atoms with Gasteiger partial charge in [-0.1, -0.05) is 49.4 Å². The first-order chi connectivity index (χ1) is 19.1. The largest absolute Gasteiger partial charge is 0.332 e. The molecule has 1 atom stereocenters. The van der Waals surface area contributed by atoms with E-state index >= 15 is 8.78 Å². The molecule has 5 rings (SSSR count). The molecule has 2 fully saturated rings. The maximum Gasteiger partial charge on any atom is 0.273 e. The number of primary sulfonamides is 1. The predicted molar refractivity (Wildman–Crippen MR) is 148 cm³/mol. The minimum Gasteiger partial charge on any atom is -0.332 e. The quantitative estimate of drug-likeness (QED) is 0.437. The second-order valence-electron chi connectivity index (χ2n) is 10.8. The summed E-state index contributed by atoms with van der Waals surface area (Å²) in [5.41, 5.74) is 2.79. The number of piperidine rings is 1. The topological polar surface area (TPSA) is 102 Å². The van der Waals surface area contributed by atoms with E-state index in [0.29, 0.717) is 24.2 Å². The minimum atomic E-state index is -3.73. The van der Waals surface area contributed by atoms with Crippen molar-refractivity contribution in [3.8, 4) is 0 Å². The zero-order valence-electron chi connectivity index (χ0n) is 22.5. The average Bonchev–Trinajstić information content (AvgIpc) is 3.49. The third kappa shape index (κ3) is 5.96. The van der Waals surface area contributed by atoms with E-state index in [4.69, 9.17) is 5.14 Å². The number of aromatic nitrogens is 2. The van der Waals surface area contributed by atoms with Gasteiger partial charge in [0.1, 0.15) is 0 Å². The lowest BCUT2D eigenvalue weighted by atomic mass is 9.90. The highest BCUT2D eigenvalue weighted by Gasteiger charge is 2.50. The summed E-state index contributed by atoms with van der Waals surface area (Å²) in [5.74, 6) is -4.34. The van der Waals surface area contributed by atoms with E-state index in [2.05, 4.69) is 10.00 Å². The van der Waals surface area contributed by atoms with Crippen molar-refractivity contribution >= 4 is 15.9 Å². The van der Waals surface area contributed by atoms with Gasteiger partial charge in [0, 0.05) is 25.6 Å². The number of sulfonamides is 1. The Labute approximate surface area is 233 Å². The molecular weight excluding hydrogens is 536 g/mol. The summed E-state index contributed by atoms with van der Waals surface area (Å²) >= 11 is 0. The number of carbonyl (C=O) groups is 1. The number of amides is 1. The highest BCUT2D eigenvalue weighted by molar-refractivity contribution is 7.89. The summed E-state index contributed by atoms with van der Waals surface area (Å²) in [7, 11) is -3.73. The molecule has 2 N–H and O–H groups in total. The highest BCUT2D eigenvalue weighted by atomic mass is 32.2. The van der Waals surface area contributed by atoms with Crippen molar-refractivity contribution in [2.24, 2.45) is 5.14 Å². The fraction of sp³-hybridized carbons (Fsp3) is 0.448. The molecule has 0 bridgehead atoms. The molecule has 40 heavy (non-hydrogen) atoms. The van der Waals surface area contributed by atoms with Crippen LogP contribution in [-0.4, -0.2) is 66.0 Å². The van der Waals surface area contributed by atoms with E-state index in [1.165, 1.54) is 17.0 Å². The van der Waals surface area contributed by atoms with Crippen molar-refractivity contribution in [2.75, 3.05) is 26.2 Å². The van der Waals surface area contributed by atoms with Gasteiger partial charge in [-0.05, 0) is 55.6 Å².